The summed E-state index contributed by atoms with van der Waals surface area (Å²) in [7, 11) is 0. The van der Waals surface area contributed by atoms with Crippen molar-refractivity contribution >= 4 is 22.9 Å². The number of halogens is 1. The van der Waals surface area contributed by atoms with Crippen molar-refractivity contribution in [3.05, 3.63) is 22.4 Å². The van der Waals surface area contributed by atoms with Gasteiger partial charge in [-0.1, -0.05) is 0 Å². The van der Waals surface area contributed by atoms with Crippen LogP contribution in [0.2, 0.25) is 0 Å². The SMILES string of the molecule is ClC1CCC(CNCc2ccsc2)C1. The maximum atomic E-state index is 6.06. The molecule has 3 heteroatoms. The molecule has 14 heavy (non-hydrogen) atoms. The third-order valence-corrected chi connectivity index (χ3v) is 3.95. The van der Waals surface area contributed by atoms with Crippen LogP contribution >= 0.6 is 22.9 Å². The van der Waals surface area contributed by atoms with E-state index in [1.165, 1.54) is 24.8 Å². The number of thiophene rings is 1. The third-order valence-electron chi connectivity index (χ3n) is 2.82. The molecule has 78 valence electrons. The number of alkyl halides is 1. The van der Waals surface area contributed by atoms with Gasteiger partial charge in [0, 0.05) is 11.9 Å². The van der Waals surface area contributed by atoms with E-state index in [0.717, 1.165) is 19.0 Å². The van der Waals surface area contributed by atoms with Gasteiger partial charge < -0.3 is 5.32 Å². The van der Waals surface area contributed by atoms with Gasteiger partial charge >= 0.3 is 0 Å². The molecule has 2 rings (SSSR count). The summed E-state index contributed by atoms with van der Waals surface area (Å²) < 4.78 is 0. The zero-order chi connectivity index (χ0) is 9.80. The molecule has 0 saturated heterocycles. The normalized spacial score (nSPS) is 26.9. The fourth-order valence-electron chi connectivity index (χ4n) is 2.01. The minimum Gasteiger partial charge on any atom is -0.312 e. The van der Waals surface area contributed by atoms with Gasteiger partial charge in [-0.3, -0.25) is 0 Å². The summed E-state index contributed by atoms with van der Waals surface area (Å²) in [6, 6.07) is 2.18. The van der Waals surface area contributed by atoms with Gasteiger partial charge in [-0.05, 0) is 54.1 Å². The molecule has 1 aromatic rings. The van der Waals surface area contributed by atoms with Gasteiger partial charge in [0.2, 0.25) is 0 Å². The lowest BCUT2D eigenvalue weighted by Gasteiger charge is -2.09. The Morgan fingerprint density at radius 1 is 1.50 bits per heavy atom. The Kier molecular flexibility index (Phi) is 3.85. The van der Waals surface area contributed by atoms with Crippen LogP contribution in [0.3, 0.4) is 0 Å². The van der Waals surface area contributed by atoms with Crippen molar-refractivity contribution in [2.24, 2.45) is 5.92 Å². The fourth-order valence-corrected chi connectivity index (χ4v) is 3.06. The molecule has 1 nitrogen and oxygen atoms in total. The molecule has 0 amide bonds. The molecule has 1 aliphatic rings. The first-order valence-electron chi connectivity index (χ1n) is 5.20. The Bertz CT molecular complexity index is 260. The number of hydrogen-bond acceptors (Lipinski definition) is 2. The van der Waals surface area contributed by atoms with Crippen LogP contribution in [0.25, 0.3) is 0 Å². The van der Waals surface area contributed by atoms with E-state index < -0.39 is 0 Å². The second-order valence-corrected chi connectivity index (χ2v) is 5.44. The highest BCUT2D eigenvalue weighted by molar-refractivity contribution is 7.07. The molecular formula is C11H16ClNS. The molecule has 0 spiro atoms. The average molecular weight is 230 g/mol. The highest BCUT2D eigenvalue weighted by atomic mass is 35.5. The van der Waals surface area contributed by atoms with Crippen molar-refractivity contribution in [1.82, 2.24) is 5.32 Å². The average Bonchev–Trinajstić information content (AvgIpc) is 2.77. The van der Waals surface area contributed by atoms with Crippen molar-refractivity contribution in [3.63, 3.8) is 0 Å². The maximum Gasteiger partial charge on any atom is 0.0339 e. The van der Waals surface area contributed by atoms with E-state index in [2.05, 4.69) is 22.1 Å². The standard InChI is InChI=1S/C11H16ClNS/c12-11-2-1-9(5-11)6-13-7-10-3-4-14-8-10/h3-4,8-9,11,13H,1-2,5-7H2. The third kappa shape index (κ3) is 2.97. The molecule has 0 aromatic carbocycles. The monoisotopic (exact) mass is 229 g/mol. The van der Waals surface area contributed by atoms with Crippen LogP contribution in [-0.4, -0.2) is 11.9 Å². The van der Waals surface area contributed by atoms with Crippen molar-refractivity contribution in [3.8, 4) is 0 Å². The van der Waals surface area contributed by atoms with Crippen LogP contribution in [0.15, 0.2) is 16.8 Å². The Balaban J connectivity index is 1.64. The summed E-state index contributed by atoms with van der Waals surface area (Å²) in [5.74, 6) is 0.802. The molecule has 1 fully saturated rings. The summed E-state index contributed by atoms with van der Waals surface area (Å²) in [5.41, 5.74) is 1.40. The van der Waals surface area contributed by atoms with Crippen LogP contribution in [0.1, 0.15) is 24.8 Å². The molecule has 0 aliphatic heterocycles. The van der Waals surface area contributed by atoms with Crippen LogP contribution in [-0.2, 0) is 6.54 Å². The van der Waals surface area contributed by atoms with E-state index in [9.17, 15) is 0 Å². The number of hydrogen-bond donors (Lipinski definition) is 1. The fraction of sp³-hybridized carbons (Fsp3) is 0.636. The Morgan fingerprint density at radius 2 is 2.43 bits per heavy atom. The molecule has 1 saturated carbocycles. The Morgan fingerprint density at radius 3 is 3.07 bits per heavy atom. The zero-order valence-corrected chi connectivity index (χ0v) is 9.78. The van der Waals surface area contributed by atoms with Crippen LogP contribution in [0, 0.1) is 5.92 Å². The van der Waals surface area contributed by atoms with Crippen LogP contribution in [0.5, 0.6) is 0 Å². The van der Waals surface area contributed by atoms with Gasteiger partial charge in [-0.15, -0.1) is 11.6 Å². The molecule has 0 radical (unpaired) electrons. The van der Waals surface area contributed by atoms with Crippen molar-refractivity contribution in [2.75, 3.05) is 6.54 Å². The van der Waals surface area contributed by atoms with E-state index in [1.807, 2.05) is 0 Å². The topological polar surface area (TPSA) is 12.0 Å². The lowest BCUT2D eigenvalue weighted by molar-refractivity contribution is 0.490. The quantitative estimate of drug-likeness (QED) is 0.782. The van der Waals surface area contributed by atoms with E-state index in [1.54, 1.807) is 11.3 Å². The molecular weight excluding hydrogens is 214 g/mol. The molecule has 2 atom stereocenters. The van der Waals surface area contributed by atoms with Gasteiger partial charge in [-0.2, -0.15) is 11.3 Å². The Hall–Kier alpha value is -0.0500. The minimum atomic E-state index is 0.433. The summed E-state index contributed by atoms with van der Waals surface area (Å²) >= 11 is 7.82. The van der Waals surface area contributed by atoms with Gasteiger partial charge in [0.15, 0.2) is 0 Å². The predicted octanol–water partition coefficient (Wildman–Crippen LogP) is 3.25. The van der Waals surface area contributed by atoms with Gasteiger partial charge in [-0.25, -0.2) is 0 Å². The van der Waals surface area contributed by atoms with Crippen LogP contribution in [0.4, 0.5) is 0 Å². The number of rotatable bonds is 4. The first kappa shape index (κ1) is 10.5. The first-order chi connectivity index (χ1) is 6.84. The molecule has 2 unspecified atom stereocenters. The summed E-state index contributed by atoms with van der Waals surface area (Å²) in [6.07, 6.45) is 3.69. The smallest absolute Gasteiger partial charge is 0.0339 e. The van der Waals surface area contributed by atoms with Crippen molar-refractivity contribution < 1.29 is 0 Å². The maximum absolute atomic E-state index is 6.06. The molecule has 0 bridgehead atoms. The highest BCUT2D eigenvalue weighted by Gasteiger charge is 2.21. The predicted molar refractivity (Wildman–Crippen MR) is 63.0 cm³/mol. The van der Waals surface area contributed by atoms with Gasteiger partial charge in [0.1, 0.15) is 0 Å². The minimum absolute atomic E-state index is 0.433. The van der Waals surface area contributed by atoms with E-state index in [4.69, 9.17) is 11.6 Å². The highest BCUT2D eigenvalue weighted by Crippen LogP contribution is 2.28. The Labute approximate surface area is 94.5 Å². The first-order valence-corrected chi connectivity index (χ1v) is 6.58. The van der Waals surface area contributed by atoms with E-state index in [0.29, 0.717) is 5.38 Å². The number of nitrogens with one attached hydrogen (secondary N) is 1. The lowest BCUT2D eigenvalue weighted by Crippen LogP contribution is -2.20. The lowest BCUT2D eigenvalue weighted by atomic mass is 10.1. The van der Waals surface area contributed by atoms with Crippen molar-refractivity contribution in [2.45, 2.75) is 31.2 Å². The molecule has 1 N–H and O–H groups in total. The zero-order valence-electron chi connectivity index (χ0n) is 8.21. The second kappa shape index (κ2) is 5.15. The van der Waals surface area contributed by atoms with Gasteiger partial charge in [0.25, 0.3) is 0 Å². The second-order valence-electron chi connectivity index (χ2n) is 4.04. The largest absolute Gasteiger partial charge is 0.312 e. The summed E-state index contributed by atoms with van der Waals surface area (Å²) in [6.45, 7) is 2.13. The van der Waals surface area contributed by atoms with Gasteiger partial charge in [0.05, 0.1) is 0 Å². The molecule has 1 aromatic heterocycles. The van der Waals surface area contributed by atoms with Crippen molar-refractivity contribution in [1.29, 1.82) is 0 Å². The van der Waals surface area contributed by atoms with E-state index in [-0.39, 0.29) is 0 Å². The molecule has 1 aliphatic carbocycles. The summed E-state index contributed by atoms with van der Waals surface area (Å²) in [4.78, 5) is 0. The van der Waals surface area contributed by atoms with E-state index >= 15 is 0 Å². The summed E-state index contributed by atoms with van der Waals surface area (Å²) in [5, 5.41) is 8.26. The molecule has 1 heterocycles. The van der Waals surface area contributed by atoms with Crippen LogP contribution < -0.4 is 5.32 Å².